The summed E-state index contributed by atoms with van der Waals surface area (Å²) in [6.45, 7) is 8.47. The van der Waals surface area contributed by atoms with E-state index in [0.717, 1.165) is 19.5 Å². The van der Waals surface area contributed by atoms with E-state index in [1.165, 1.54) is 0 Å². The van der Waals surface area contributed by atoms with Gasteiger partial charge in [0.05, 0.1) is 5.41 Å². The topological polar surface area (TPSA) is 60.9 Å². The molecule has 2 rings (SSSR count). The van der Waals surface area contributed by atoms with E-state index in [0.29, 0.717) is 19.5 Å². The molecule has 2 fully saturated rings. The zero-order chi connectivity index (χ0) is 13.6. The molecular weight excluding hydrogens is 232 g/mol. The molecule has 2 aliphatic heterocycles. The van der Waals surface area contributed by atoms with Crippen molar-refractivity contribution < 1.29 is 14.7 Å². The van der Waals surface area contributed by atoms with Crippen LogP contribution in [0.15, 0.2) is 0 Å². The summed E-state index contributed by atoms with van der Waals surface area (Å²) in [6.07, 6.45) is 1.56. The minimum absolute atomic E-state index is 0.00514. The van der Waals surface area contributed by atoms with Gasteiger partial charge in [0.1, 0.15) is 0 Å². The number of carbonyl (C=O) groups is 2. The van der Waals surface area contributed by atoms with E-state index in [9.17, 15) is 9.59 Å². The molecule has 2 aliphatic rings. The molecule has 2 heterocycles. The van der Waals surface area contributed by atoms with Gasteiger partial charge in [-0.15, -0.1) is 0 Å². The number of carboxylic acids is 1. The van der Waals surface area contributed by atoms with Gasteiger partial charge in [0.15, 0.2) is 0 Å². The number of carbonyl (C=O) groups excluding carboxylic acids is 1. The Morgan fingerprint density at radius 1 is 1.00 bits per heavy atom. The summed E-state index contributed by atoms with van der Waals surface area (Å²) in [5.41, 5.74) is -0.587. The maximum absolute atomic E-state index is 12.3. The van der Waals surface area contributed by atoms with Gasteiger partial charge >= 0.3 is 12.0 Å². The lowest BCUT2D eigenvalue weighted by molar-refractivity contribution is -0.147. The van der Waals surface area contributed by atoms with Gasteiger partial charge in [-0.25, -0.2) is 4.79 Å². The Morgan fingerprint density at radius 2 is 1.56 bits per heavy atom. The molecule has 0 aromatic heterocycles. The SMILES string of the molecule is CC1(C)CCN(C(=O)N2CCC(C)(C(=O)O)C2)C1. The van der Waals surface area contributed by atoms with Crippen LogP contribution in [0.4, 0.5) is 4.79 Å². The highest BCUT2D eigenvalue weighted by molar-refractivity contribution is 5.79. The first-order valence-corrected chi connectivity index (χ1v) is 6.51. The summed E-state index contributed by atoms with van der Waals surface area (Å²) in [4.78, 5) is 27.0. The molecule has 5 nitrogen and oxygen atoms in total. The highest BCUT2D eigenvalue weighted by Gasteiger charge is 2.44. The summed E-state index contributed by atoms with van der Waals surface area (Å²) < 4.78 is 0. The molecule has 0 bridgehead atoms. The third-order valence-electron chi connectivity index (χ3n) is 4.21. The molecule has 0 saturated carbocycles. The molecule has 0 aromatic carbocycles. The molecule has 0 spiro atoms. The largest absolute Gasteiger partial charge is 0.481 e. The second-order valence-corrected chi connectivity index (χ2v) is 6.66. The van der Waals surface area contributed by atoms with Crippen LogP contribution in [0.1, 0.15) is 33.6 Å². The third kappa shape index (κ3) is 2.31. The summed E-state index contributed by atoms with van der Waals surface area (Å²) in [7, 11) is 0. The first-order chi connectivity index (χ1) is 8.23. The van der Waals surface area contributed by atoms with E-state index in [2.05, 4.69) is 13.8 Å². The van der Waals surface area contributed by atoms with Gasteiger partial charge < -0.3 is 14.9 Å². The average Bonchev–Trinajstić information content (AvgIpc) is 2.82. The fourth-order valence-electron chi connectivity index (χ4n) is 2.77. The molecule has 0 aliphatic carbocycles. The molecule has 0 aromatic rings. The molecular formula is C13H22N2O3. The molecule has 2 saturated heterocycles. The van der Waals surface area contributed by atoms with Gasteiger partial charge in [-0.3, -0.25) is 4.79 Å². The smallest absolute Gasteiger partial charge is 0.320 e. The summed E-state index contributed by atoms with van der Waals surface area (Å²) >= 11 is 0. The highest BCUT2D eigenvalue weighted by Crippen LogP contribution is 2.33. The molecule has 1 atom stereocenters. The third-order valence-corrected chi connectivity index (χ3v) is 4.21. The lowest BCUT2D eigenvalue weighted by Gasteiger charge is -2.26. The van der Waals surface area contributed by atoms with Crippen LogP contribution in [0.25, 0.3) is 0 Å². The quantitative estimate of drug-likeness (QED) is 0.773. The van der Waals surface area contributed by atoms with Crippen molar-refractivity contribution in [1.29, 1.82) is 0 Å². The molecule has 1 unspecified atom stereocenters. The Kier molecular flexibility index (Phi) is 3.03. The first-order valence-electron chi connectivity index (χ1n) is 6.51. The van der Waals surface area contributed by atoms with Crippen LogP contribution in [-0.4, -0.2) is 53.1 Å². The van der Waals surface area contributed by atoms with Crippen molar-refractivity contribution in [1.82, 2.24) is 9.80 Å². The Labute approximate surface area is 108 Å². The minimum Gasteiger partial charge on any atom is -0.481 e. The number of nitrogens with zero attached hydrogens (tertiary/aromatic N) is 2. The fourth-order valence-corrected chi connectivity index (χ4v) is 2.77. The van der Waals surface area contributed by atoms with E-state index < -0.39 is 11.4 Å². The van der Waals surface area contributed by atoms with E-state index in [1.807, 2.05) is 4.90 Å². The van der Waals surface area contributed by atoms with Crippen molar-refractivity contribution in [2.24, 2.45) is 10.8 Å². The van der Waals surface area contributed by atoms with Gasteiger partial charge in [0.2, 0.25) is 0 Å². The number of hydrogen-bond acceptors (Lipinski definition) is 2. The Morgan fingerprint density at radius 3 is 2.00 bits per heavy atom. The van der Waals surface area contributed by atoms with Gasteiger partial charge in [0, 0.05) is 26.2 Å². The molecule has 5 heteroatoms. The lowest BCUT2D eigenvalue weighted by atomic mass is 9.90. The Hall–Kier alpha value is -1.26. The molecule has 18 heavy (non-hydrogen) atoms. The maximum Gasteiger partial charge on any atom is 0.320 e. The number of aliphatic carboxylic acids is 1. The van der Waals surface area contributed by atoms with Crippen LogP contribution in [-0.2, 0) is 4.79 Å². The fraction of sp³-hybridized carbons (Fsp3) is 0.846. The Balaban J connectivity index is 1.98. The Bertz CT molecular complexity index is 380. The van der Waals surface area contributed by atoms with Crippen LogP contribution in [0.2, 0.25) is 0 Å². The average molecular weight is 254 g/mol. The van der Waals surface area contributed by atoms with Gasteiger partial charge in [-0.2, -0.15) is 0 Å². The van der Waals surface area contributed by atoms with Crippen molar-refractivity contribution in [3.05, 3.63) is 0 Å². The van der Waals surface area contributed by atoms with Crippen molar-refractivity contribution in [3.8, 4) is 0 Å². The number of hydrogen-bond donors (Lipinski definition) is 1. The predicted molar refractivity (Wildman–Crippen MR) is 67.3 cm³/mol. The summed E-state index contributed by atoms with van der Waals surface area (Å²) in [6, 6.07) is 0.00514. The zero-order valence-corrected chi connectivity index (χ0v) is 11.4. The van der Waals surface area contributed by atoms with E-state index >= 15 is 0 Å². The molecule has 0 radical (unpaired) electrons. The molecule has 102 valence electrons. The number of rotatable bonds is 1. The summed E-state index contributed by atoms with van der Waals surface area (Å²) in [5.74, 6) is -0.806. The number of likely N-dealkylation sites (tertiary alicyclic amines) is 2. The second kappa shape index (κ2) is 4.14. The highest BCUT2D eigenvalue weighted by atomic mass is 16.4. The number of amides is 2. The van der Waals surface area contributed by atoms with E-state index in [4.69, 9.17) is 5.11 Å². The summed E-state index contributed by atoms with van der Waals surface area (Å²) in [5, 5.41) is 9.17. The lowest BCUT2D eigenvalue weighted by Crippen LogP contribution is -2.43. The normalized spacial score (nSPS) is 30.8. The minimum atomic E-state index is -0.806. The van der Waals surface area contributed by atoms with Crippen LogP contribution >= 0.6 is 0 Å². The molecule has 2 amide bonds. The van der Waals surface area contributed by atoms with Crippen LogP contribution in [0, 0.1) is 10.8 Å². The van der Waals surface area contributed by atoms with Crippen molar-refractivity contribution in [2.45, 2.75) is 33.6 Å². The van der Waals surface area contributed by atoms with Gasteiger partial charge in [0.25, 0.3) is 0 Å². The van der Waals surface area contributed by atoms with Crippen molar-refractivity contribution in [2.75, 3.05) is 26.2 Å². The van der Waals surface area contributed by atoms with Crippen LogP contribution in [0.5, 0.6) is 0 Å². The van der Waals surface area contributed by atoms with Gasteiger partial charge in [-0.1, -0.05) is 13.8 Å². The van der Waals surface area contributed by atoms with E-state index in [1.54, 1.807) is 11.8 Å². The van der Waals surface area contributed by atoms with E-state index in [-0.39, 0.29) is 11.4 Å². The predicted octanol–water partition coefficient (Wildman–Crippen LogP) is 1.63. The maximum atomic E-state index is 12.3. The van der Waals surface area contributed by atoms with Gasteiger partial charge in [-0.05, 0) is 25.2 Å². The van der Waals surface area contributed by atoms with Crippen LogP contribution < -0.4 is 0 Å². The zero-order valence-electron chi connectivity index (χ0n) is 11.4. The first kappa shape index (κ1) is 13.2. The number of carboxylic acid groups (broad SMARTS) is 1. The number of urea groups is 1. The monoisotopic (exact) mass is 254 g/mol. The standard InChI is InChI=1S/C13H22N2O3/c1-12(2)4-6-14(8-12)11(18)15-7-5-13(3,9-15)10(16)17/h4-9H2,1-3H3,(H,16,17). The molecule has 1 N–H and O–H groups in total. The van der Waals surface area contributed by atoms with Crippen LogP contribution in [0.3, 0.4) is 0 Å². The van der Waals surface area contributed by atoms with Crippen molar-refractivity contribution >= 4 is 12.0 Å². The van der Waals surface area contributed by atoms with Crippen molar-refractivity contribution in [3.63, 3.8) is 0 Å². The second-order valence-electron chi connectivity index (χ2n) is 6.66.